The van der Waals surface area contributed by atoms with Crippen LogP contribution >= 0.6 is 22.7 Å². The Morgan fingerprint density at radius 3 is 2.80 bits per heavy atom. The molecule has 0 aliphatic heterocycles. The van der Waals surface area contributed by atoms with Crippen LogP contribution in [-0.4, -0.2) is 4.98 Å². The average molecular weight is 236 g/mol. The van der Waals surface area contributed by atoms with Gasteiger partial charge in [-0.2, -0.15) is 0 Å². The summed E-state index contributed by atoms with van der Waals surface area (Å²) in [4.78, 5) is 5.92. The summed E-state index contributed by atoms with van der Waals surface area (Å²) in [6.07, 6.45) is 5.12. The number of anilines is 1. The van der Waals surface area contributed by atoms with Crippen LogP contribution in [0.15, 0.2) is 10.8 Å². The maximum absolute atomic E-state index is 5.67. The molecule has 2 N–H and O–H groups in total. The molecule has 0 atom stereocenters. The number of aromatic nitrogens is 1. The largest absolute Gasteiger partial charge is 0.375 e. The number of thiazole rings is 1. The van der Waals surface area contributed by atoms with E-state index in [9.17, 15) is 0 Å². The van der Waals surface area contributed by atoms with E-state index in [4.69, 9.17) is 5.73 Å². The van der Waals surface area contributed by atoms with Gasteiger partial charge in [0.15, 0.2) is 5.13 Å². The molecular weight excluding hydrogens is 224 g/mol. The zero-order valence-electron chi connectivity index (χ0n) is 8.32. The van der Waals surface area contributed by atoms with Crippen LogP contribution in [0.4, 0.5) is 5.13 Å². The van der Waals surface area contributed by atoms with Crippen LogP contribution in [0.25, 0.3) is 11.3 Å². The fourth-order valence-corrected chi connectivity index (χ4v) is 3.82. The van der Waals surface area contributed by atoms with Crippen molar-refractivity contribution in [3.05, 3.63) is 21.2 Å². The molecule has 0 spiro atoms. The molecule has 2 heterocycles. The van der Waals surface area contributed by atoms with E-state index in [1.807, 2.05) is 11.3 Å². The van der Waals surface area contributed by atoms with Crippen molar-refractivity contribution < 1.29 is 0 Å². The first kappa shape index (κ1) is 9.36. The Hall–Kier alpha value is -0.870. The second-order valence-electron chi connectivity index (χ2n) is 3.83. The monoisotopic (exact) mass is 236 g/mol. The second-order valence-corrected chi connectivity index (χ2v) is 5.68. The number of nitrogens with two attached hydrogens (primary N) is 1. The Morgan fingerprint density at radius 1 is 1.13 bits per heavy atom. The van der Waals surface area contributed by atoms with Gasteiger partial charge >= 0.3 is 0 Å². The third kappa shape index (κ3) is 1.58. The number of fused-ring (bicyclic) bond motifs is 1. The molecule has 3 rings (SSSR count). The molecule has 4 heteroatoms. The summed E-state index contributed by atoms with van der Waals surface area (Å²) in [7, 11) is 0. The fourth-order valence-electron chi connectivity index (χ4n) is 2.12. The molecule has 1 aliphatic carbocycles. The number of rotatable bonds is 1. The molecule has 2 nitrogen and oxygen atoms in total. The van der Waals surface area contributed by atoms with Gasteiger partial charge in [0.1, 0.15) is 0 Å². The van der Waals surface area contributed by atoms with E-state index >= 15 is 0 Å². The second kappa shape index (κ2) is 3.61. The van der Waals surface area contributed by atoms with Gasteiger partial charge < -0.3 is 5.73 Å². The maximum atomic E-state index is 5.67. The van der Waals surface area contributed by atoms with E-state index < -0.39 is 0 Å². The summed E-state index contributed by atoms with van der Waals surface area (Å²) in [6.45, 7) is 0. The Balaban J connectivity index is 2.08. The lowest BCUT2D eigenvalue weighted by molar-refractivity contribution is 0.698. The van der Waals surface area contributed by atoms with Crippen LogP contribution in [0.5, 0.6) is 0 Å². The normalized spacial score (nSPS) is 15.2. The highest BCUT2D eigenvalue weighted by Gasteiger charge is 2.17. The van der Waals surface area contributed by atoms with Crippen LogP contribution in [-0.2, 0) is 12.8 Å². The first-order valence-electron chi connectivity index (χ1n) is 5.15. The van der Waals surface area contributed by atoms with Crippen LogP contribution in [0.2, 0.25) is 0 Å². The third-order valence-corrected chi connectivity index (χ3v) is 4.62. The van der Waals surface area contributed by atoms with E-state index in [2.05, 4.69) is 15.7 Å². The summed E-state index contributed by atoms with van der Waals surface area (Å²) in [6, 6.07) is 0. The van der Waals surface area contributed by atoms with Crippen molar-refractivity contribution in [1.82, 2.24) is 4.98 Å². The topological polar surface area (TPSA) is 38.9 Å². The van der Waals surface area contributed by atoms with Gasteiger partial charge in [-0.1, -0.05) is 0 Å². The summed E-state index contributed by atoms with van der Waals surface area (Å²) in [5, 5.41) is 4.97. The average Bonchev–Trinajstić information content (AvgIpc) is 2.83. The standard InChI is InChI=1S/C11H12N2S2/c12-11-13-9(6-15-11)8-5-14-10-4-2-1-3-7(8)10/h5-6H,1-4H2,(H2,12,13). The molecule has 0 aromatic carbocycles. The number of thiophene rings is 1. The van der Waals surface area contributed by atoms with Crippen molar-refractivity contribution in [2.45, 2.75) is 25.7 Å². The minimum atomic E-state index is 0.667. The van der Waals surface area contributed by atoms with Gasteiger partial charge in [-0.15, -0.1) is 22.7 Å². The van der Waals surface area contributed by atoms with Gasteiger partial charge in [-0.25, -0.2) is 4.98 Å². The van der Waals surface area contributed by atoms with Crippen molar-refractivity contribution in [2.24, 2.45) is 0 Å². The summed E-state index contributed by atoms with van der Waals surface area (Å²) >= 11 is 3.40. The molecule has 0 unspecified atom stereocenters. The van der Waals surface area contributed by atoms with Crippen LogP contribution < -0.4 is 5.73 Å². The Kier molecular flexibility index (Phi) is 2.25. The van der Waals surface area contributed by atoms with Gasteiger partial charge in [0, 0.05) is 21.2 Å². The van der Waals surface area contributed by atoms with Gasteiger partial charge in [0.25, 0.3) is 0 Å². The molecule has 2 aromatic rings. The fraction of sp³-hybridized carbons (Fsp3) is 0.364. The van der Waals surface area contributed by atoms with E-state index in [1.165, 1.54) is 48.1 Å². The Morgan fingerprint density at radius 2 is 2.00 bits per heavy atom. The number of hydrogen-bond acceptors (Lipinski definition) is 4. The van der Waals surface area contributed by atoms with Crippen LogP contribution in [0.1, 0.15) is 23.3 Å². The number of aryl methyl sites for hydroxylation is 1. The first-order chi connectivity index (χ1) is 7.34. The predicted molar refractivity (Wildman–Crippen MR) is 66.5 cm³/mol. The highest BCUT2D eigenvalue weighted by molar-refractivity contribution is 7.14. The molecule has 78 valence electrons. The number of nitrogens with zero attached hydrogens (tertiary/aromatic N) is 1. The van der Waals surface area contributed by atoms with Crippen molar-refractivity contribution >= 4 is 27.8 Å². The van der Waals surface area contributed by atoms with Crippen molar-refractivity contribution in [3.63, 3.8) is 0 Å². The zero-order valence-corrected chi connectivity index (χ0v) is 9.96. The minimum absolute atomic E-state index is 0.667. The van der Waals surface area contributed by atoms with Gasteiger partial charge in [0.05, 0.1) is 5.69 Å². The molecule has 0 radical (unpaired) electrons. The van der Waals surface area contributed by atoms with Crippen LogP contribution in [0, 0.1) is 0 Å². The highest BCUT2D eigenvalue weighted by Crippen LogP contribution is 2.36. The summed E-state index contributed by atoms with van der Waals surface area (Å²) in [5.74, 6) is 0. The lowest BCUT2D eigenvalue weighted by Crippen LogP contribution is -1.99. The quantitative estimate of drug-likeness (QED) is 0.825. The van der Waals surface area contributed by atoms with E-state index in [0.29, 0.717) is 5.13 Å². The smallest absolute Gasteiger partial charge is 0.180 e. The summed E-state index contributed by atoms with van der Waals surface area (Å²) < 4.78 is 0. The molecule has 15 heavy (non-hydrogen) atoms. The maximum Gasteiger partial charge on any atom is 0.180 e. The van der Waals surface area contributed by atoms with Gasteiger partial charge in [-0.3, -0.25) is 0 Å². The first-order valence-corrected chi connectivity index (χ1v) is 6.91. The molecule has 0 saturated carbocycles. The lowest BCUT2D eigenvalue weighted by Gasteiger charge is -2.11. The molecule has 0 fully saturated rings. The lowest BCUT2D eigenvalue weighted by atomic mass is 9.95. The molecule has 0 saturated heterocycles. The predicted octanol–water partition coefficient (Wildman–Crippen LogP) is 3.33. The Labute approximate surface area is 96.8 Å². The highest BCUT2D eigenvalue weighted by atomic mass is 32.1. The van der Waals surface area contributed by atoms with Crippen molar-refractivity contribution in [3.8, 4) is 11.3 Å². The zero-order chi connectivity index (χ0) is 10.3. The molecule has 0 bridgehead atoms. The van der Waals surface area contributed by atoms with E-state index in [1.54, 1.807) is 4.88 Å². The number of hydrogen-bond donors (Lipinski definition) is 1. The van der Waals surface area contributed by atoms with Crippen molar-refractivity contribution in [2.75, 3.05) is 5.73 Å². The van der Waals surface area contributed by atoms with Gasteiger partial charge in [-0.05, 0) is 31.2 Å². The van der Waals surface area contributed by atoms with Crippen molar-refractivity contribution in [1.29, 1.82) is 0 Å². The molecule has 0 amide bonds. The number of nitrogen functional groups attached to an aromatic ring is 1. The minimum Gasteiger partial charge on any atom is -0.375 e. The Bertz CT molecular complexity index is 484. The molecular formula is C11H12N2S2. The van der Waals surface area contributed by atoms with Crippen LogP contribution in [0.3, 0.4) is 0 Å². The third-order valence-electron chi connectivity index (χ3n) is 2.86. The van der Waals surface area contributed by atoms with E-state index in [0.717, 1.165) is 5.69 Å². The SMILES string of the molecule is Nc1nc(-c2csc3c2CCCC3)cs1. The summed E-state index contributed by atoms with van der Waals surface area (Å²) in [5.41, 5.74) is 9.58. The molecule has 2 aromatic heterocycles. The van der Waals surface area contributed by atoms with E-state index in [-0.39, 0.29) is 0 Å². The molecule has 1 aliphatic rings. The van der Waals surface area contributed by atoms with Gasteiger partial charge in [0.2, 0.25) is 0 Å².